The van der Waals surface area contributed by atoms with E-state index in [1.54, 1.807) is 6.07 Å². The number of aliphatic hydroxyl groups excluding tert-OH is 1. The van der Waals surface area contributed by atoms with E-state index in [4.69, 9.17) is 21.4 Å². The summed E-state index contributed by atoms with van der Waals surface area (Å²) < 4.78 is 5.55. The predicted molar refractivity (Wildman–Crippen MR) is 62.5 cm³/mol. The second-order valence-electron chi connectivity index (χ2n) is 3.57. The van der Waals surface area contributed by atoms with Crippen molar-refractivity contribution in [1.82, 2.24) is 0 Å². The van der Waals surface area contributed by atoms with Gasteiger partial charge in [-0.1, -0.05) is 24.9 Å². The summed E-state index contributed by atoms with van der Waals surface area (Å²) in [5.41, 5.74) is 1.66. The number of aliphatic hydroxyl groups is 1. The molecule has 0 heterocycles. The monoisotopic (exact) mass is 228 g/mol. The van der Waals surface area contributed by atoms with Gasteiger partial charge in [-0.3, -0.25) is 0 Å². The van der Waals surface area contributed by atoms with Gasteiger partial charge in [0.25, 0.3) is 0 Å². The SMILES string of the molecule is CCCCOc1cc(C)c(Cl)c(CO)c1. The molecule has 0 bridgehead atoms. The summed E-state index contributed by atoms with van der Waals surface area (Å²) in [5, 5.41) is 9.72. The first-order valence-corrected chi connectivity index (χ1v) is 5.59. The van der Waals surface area contributed by atoms with Crippen molar-refractivity contribution in [2.75, 3.05) is 6.61 Å². The zero-order valence-electron chi connectivity index (χ0n) is 9.22. The molecule has 0 aromatic heterocycles. The summed E-state index contributed by atoms with van der Waals surface area (Å²) in [4.78, 5) is 0. The highest BCUT2D eigenvalue weighted by molar-refractivity contribution is 6.32. The molecule has 1 N–H and O–H groups in total. The molecule has 0 aliphatic heterocycles. The van der Waals surface area contributed by atoms with Crippen LogP contribution in [0.1, 0.15) is 30.9 Å². The minimum absolute atomic E-state index is 0.0509. The molecule has 0 saturated carbocycles. The molecule has 1 aromatic rings. The average molecular weight is 229 g/mol. The first-order valence-electron chi connectivity index (χ1n) is 5.21. The molecule has 84 valence electrons. The molecule has 0 aliphatic carbocycles. The van der Waals surface area contributed by atoms with Gasteiger partial charge in [-0.25, -0.2) is 0 Å². The van der Waals surface area contributed by atoms with Gasteiger partial charge in [0.1, 0.15) is 5.75 Å². The van der Waals surface area contributed by atoms with Crippen molar-refractivity contribution in [2.45, 2.75) is 33.3 Å². The molecular weight excluding hydrogens is 212 g/mol. The molecule has 0 fully saturated rings. The van der Waals surface area contributed by atoms with Gasteiger partial charge < -0.3 is 9.84 Å². The standard InChI is InChI=1S/C12H17ClO2/c1-3-4-5-15-11-6-9(2)12(13)10(7-11)8-14/h6-7,14H,3-5,8H2,1-2H3. The third kappa shape index (κ3) is 3.40. The van der Waals surface area contributed by atoms with Crippen molar-refractivity contribution in [1.29, 1.82) is 0 Å². The topological polar surface area (TPSA) is 29.5 Å². The molecule has 0 amide bonds. The van der Waals surface area contributed by atoms with Gasteiger partial charge in [-0.15, -0.1) is 0 Å². The van der Waals surface area contributed by atoms with Gasteiger partial charge in [0.15, 0.2) is 0 Å². The lowest BCUT2D eigenvalue weighted by Crippen LogP contribution is -1.98. The summed E-state index contributed by atoms with van der Waals surface area (Å²) >= 11 is 6.01. The van der Waals surface area contributed by atoms with Crippen LogP contribution in [0.15, 0.2) is 12.1 Å². The molecule has 0 radical (unpaired) electrons. The lowest BCUT2D eigenvalue weighted by atomic mass is 10.1. The Balaban J connectivity index is 2.77. The maximum Gasteiger partial charge on any atom is 0.120 e. The van der Waals surface area contributed by atoms with E-state index in [0.29, 0.717) is 11.6 Å². The summed E-state index contributed by atoms with van der Waals surface area (Å²) in [6.07, 6.45) is 2.15. The molecule has 0 atom stereocenters. The van der Waals surface area contributed by atoms with Crippen molar-refractivity contribution < 1.29 is 9.84 Å². The Morgan fingerprint density at radius 3 is 2.73 bits per heavy atom. The molecule has 0 spiro atoms. The van der Waals surface area contributed by atoms with E-state index in [1.807, 2.05) is 13.0 Å². The van der Waals surface area contributed by atoms with E-state index >= 15 is 0 Å². The van der Waals surface area contributed by atoms with Crippen LogP contribution in [0.4, 0.5) is 0 Å². The molecule has 1 rings (SSSR count). The smallest absolute Gasteiger partial charge is 0.120 e. The van der Waals surface area contributed by atoms with Crippen LogP contribution in [0.3, 0.4) is 0 Å². The number of ether oxygens (including phenoxy) is 1. The average Bonchev–Trinajstić information content (AvgIpc) is 2.23. The Kier molecular flexibility index (Phi) is 4.92. The third-order valence-corrected chi connectivity index (χ3v) is 2.78. The Morgan fingerprint density at radius 1 is 1.40 bits per heavy atom. The molecule has 1 aromatic carbocycles. The van der Waals surface area contributed by atoms with Crippen LogP contribution in [0, 0.1) is 6.92 Å². The van der Waals surface area contributed by atoms with E-state index in [0.717, 1.165) is 29.7 Å². The fourth-order valence-corrected chi connectivity index (χ4v) is 1.51. The van der Waals surface area contributed by atoms with Crippen molar-refractivity contribution in [2.24, 2.45) is 0 Å². The highest BCUT2D eigenvalue weighted by Gasteiger charge is 2.05. The van der Waals surface area contributed by atoms with E-state index in [2.05, 4.69) is 6.92 Å². The summed E-state index contributed by atoms with van der Waals surface area (Å²) in [6, 6.07) is 3.70. The minimum Gasteiger partial charge on any atom is -0.494 e. The number of halogens is 1. The molecule has 2 nitrogen and oxygen atoms in total. The van der Waals surface area contributed by atoms with Crippen molar-refractivity contribution in [3.05, 3.63) is 28.3 Å². The van der Waals surface area contributed by atoms with Crippen LogP contribution in [0.2, 0.25) is 5.02 Å². The van der Waals surface area contributed by atoms with Crippen LogP contribution < -0.4 is 4.74 Å². The predicted octanol–water partition coefficient (Wildman–Crippen LogP) is 3.32. The van der Waals surface area contributed by atoms with Crippen molar-refractivity contribution >= 4 is 11.6 Å². The number of aryl methyl sites for hydroxylation is 1. The lowest BCUT2D eigenvalue weighted by molar-refractivity contribution is 0.278. The number of benzene rings is 1. The van der Waals surface area contributed by atoms with Gasteiger partial charge in [-0.05, 0) is 36.6 Å². The zero-order chi connectivity index (χ0) is 11.3. The number of hydrogen-bond donors (Lipinski definition) is 1. The van der Waals surface area contributed by atoms with Gasteiger partial charge in [-0.2, -0.15) is 0 Å². The fraction of sp³-hybridized carbons (Fsp3) is 0.500. The van der Waals surface area contributed by atoms with Gasteiger partial charge in [0.05, 0.1) is 13.2 Å². The number of rotatable bonds is 5. The van der Waals surface area contributed by atoms with Gasteiger partial charge >= 0.3 is 0 Å². The zero-order valence-corrected chi connectivity index (χ0v) is 9.97. The lowest BCUT2D eigenvalue weighted by Gasteiger charge is -2.10. The first-order chi connectivity index (χ1) is 7.19. The summed E-state index contributed by atoms with van der Waals surface area (Å²) in [6.45, 7) is 4.69. The number of unbranched alkanes of at least 4 members (excludes halogenated alkanes) is 1. The maximum absolute atomic E-state index is 9.10. The fourth-order valence-electron chi connectivity index (χ4n) is 1.34. The molecular formula is C12H17ClO2. The highest BCUT2D eigenvalue weighted by atomic mass is 35.5. The van der Waals surface area contributed by atoms with Crippen LogP contribution >= 0.6 is 11.6 Å². The van der Waals surface area contributed by atoms with Crippen LogP contribution in [-0.4, -0.2) is 11.7 Å². The normalized spacial score (nSPS) is 10.4. The molecule has 0 saturated heterocycles. The van der Waals surface area contributed by atoms with Crippen molar-refractivity contribution in [3.8, 4) is 5.75 Å². The van der Waals surface area contributed by atoms with E-state index in [1.165, 1.54) is 0 Å². The van der Waals surface area contributed by atoms with Crippen LogP contribution in [0.5, 0.6) is 5.75 Å². The van der Waals surface area contributed by atoms with E-state index in [9.17, 15) is 0 Å². The minimum atomic E-state index is -0.0509. The Hall–Kier alpha value is -0.730. The highest BCUT2D eigenvalue weighted by Crippen LogP contribution is 2.26. The second kappa shape index (κ2) is 5.99. The summed E-state index contributed by atoms with van der Waals surface area (Å²) in [5.74, 6) is 0.786. The number of hydrogen-bond acceptors (Lipinski definition) is 2. The molecule has 15 heavy (non-hydrogen) atoms. The maximum atomic E-state index is 9.10. The molecule has 0 aliphatic rings. The summed E-state index contributed by atoms with van der Waals surface area (Å²) in [7, 11) is 0. The largest absolute Gasteiger partial charge is 0.494 e. The van der Waals surface area contributed by atoms with E-state index in [-0.39, 0.29) is 6.61 Å². The Bertz CT molecular complexity index is 324. The Labute approximate surface area is 95.8 Å². The molecule has 3 heteroatoms. The third-order valence-electron chi connectivity index (χ3n) is 2.24. The van der Waals surface area contributed by atoms with Crippen LogP contribution in [-0.2, 0) is 6.61 Å². The van der Waals surface area contributed by atoms with Crippen LogP contribution in [0.25, 0.3) is 0 Å². The quantitative estimate of drug-likeness (QED) is 0.784. The van der Waals surface area contributed by atoms with Gasteiger partial charge in [0, 0.05) is 5.02 Å². The second-order valence-corrected chi connectivity index (χ2v) is 3.95. The van der Waals surface area contributed by atoms with Gasteiger partial charge in [0.2, 0.25) is 0 Å². The van der Waals surface area contributed by atoms with E-state index < -0.39 is 0 Å². The Morgan fingerprint density at radius 2 is 2.13 bits per heavy atom. The first kappa shape index (κ1) is 12.3. The van der Waals surface area contributed by atoms with Crippen molar-refractivity contribution in [3.63, 3.8) is 0 Å². The molecule has 0 unspecified atom stereocenters.